The van der Waals surface area contributed by atoms with Gasteiger partial charge in [0.05, 0.1) is 11.9 Å². The molecule has 4 heteroatoms. The standard InChI is InChI=1S/C15H24N4/c1-12(2)7-16-8-14-9-17-10-15(18-14)19-6-4-5-13(3)11-19/h5,9-10,12,16H,4,6-8,11H2,1-3H3. The van der Waals surface area contributed by atoms with E-state index in [4.69, 9.17) is 4.98 Å². The van der Waals surface area contributed by atoms with Gasteiger partial charge in [-0.1, -0.05) is 25.5 Å². The summed E-state index contributed by atoms with van der Waals surface area (Å²) in [6.45, 7) is 10.4. The Hall–Kier alpha value is -1.42. The van der Waals surface area contributed by atoms with Crippen molar-refractivity contribution in [2.24, 2.45) is 5.92 Å². The van der Waals surface area contributed by atoms with Gasteiger partial charge in [-0.2, -0.15) is 0 Å². The van der Waals surface area contributed by atoms with Crippen LogP contribution in [0.15, 0.2) is 24.0 Å². The monoisotopic (exact) mass is 260 g/mol. The van der Waals surface area contributed by atoms with E-state index < -0.39 is 0 Å². The van der Waals surface area contributed by atoms with Gasteiger partial charge in [-0.25, -0.2) is 4.98 Å². The van der Waals surface area contributed by atoms with Crippen LogP contribution >= 0.6 is 0 Å². The molecule has 2 rings (SSSR count). The molecule has 0 fully saturated rings. The van der Waals surface area contributed by atoms with Crippen molar-refractivity contribution in [1.29, 1.82) is 0 Å². The summed E-state index contributed by atoms with van der Waals surface area (Å²) in [5, 5.41) is 3.41. The molecule has 0 saturated heterocycles. The number of hydrogen-bond acceptors (Lipinski definition) is 4. The van der Waals surface area contributed by atoms with Crippen molar-refractivity contribution in [3.05, 3.63) is 29.7 Å². The summed E-state index contributed by atoms with van der Waals surface area (Å²) in [5.74, 6) is 1.65. The van der Waals surface area contributed by atoms with Gasteiger partial charge in [0, 0.05) is 25.8 Å². The van der Waals surface area contributed by atoms with Crippen LogP contribution < -0.4 is 10.2 Å². The molecule has 4 nitrogen and oxygen atoms in total. The Morgan fingerprint density at radius 3 is 2.95 bits per heavy atom. The molecule has 1 aromatic rings. The average molecular weight is 260 g/mol. The van der Waals surface area contributed by atoms with Crippen molar-refractivity contribution in [2.75, 3.05) is 24.5 Å². The van der Waals surface area contributed by atoms with E-state index in [1.54, 1.807) is 0 Å². The molecule has 2 heterocycles. The summed E-state index contributed by atoms with van der Waals surface area (Å²) < 4.78 is 0. The van der Waals surface area contributed by atoms with E-state index >= 15 is 0 Å². The highest BCUT2D eigenvalue weighted by molar-refractivity contribution is 5.40. The number of nitrogens with one attached hydrogen (secondary N) is 1. The Kier molecular flexibility index (Phi) is 4.91. The Morgan fingerprint density at radius 2 is 2.21 bits per heavy atom. The lowest BCUT2D eigenvalue weighted by Crippen LogP contribution is -2.30. The molecular formula is C15H24N4. The molecule has 0 amide bonds. The average Bonchev–Trinajstić information content (AvgIpc) is 2.39. The maximum Gasteiger partial charge on any atom is 0.147 e. The molecule has 0 spiro atoms. The fourth-order valence-electron chi connectivity index (χ4n) is 2.23. The molecule has 0 radical (unpaired) electrons. The molecule has 1 aromatic heterocycles. The molecule has 0 aliphatic carbocycles. The Balaban J connectivity index is 1.97. The van der Waals surface area contributed by atoms with Crippen LogP contribution in [0.3, 0.4) is 0 Å². The first-order valence-corrected chi connectivity index (χ1v) is 7.07. The molecule has 0 aromatic carbocycles. The molecule has 0 unspecified atom stereocenters. The number of nitrogens with zero attached hydrogens (tertiary/aromatic N) is 3. The largest absolute Gasteiger partial charge is 0.351 e. The summed E-state index contributed by atoms with van der Waals surface area (Å²) in [5.41, 5.74) is 2.43. The summed E-state index contributed by atoms with van der Waals surface area (Å²) in [6.07, 6.45) is 7.12. The van der Waals surface area contributed by atoms with Crippen LogP contribution in [0.5, 0.6) is 0 Å². The van der Waals surface area contributed by atoms with Crippen molar-refractivity contribution in [3.8, 4) is 0 Å². The highest BCUT2D eigenvalue weighted by Crippen LogP contribution is 2.16. The summed E-state index contributed by atoms with van der Waals surface area (Å²) >= 11 is 0. The maximum absolute atomic E-state index is 4.70. The van der Waals surface area contributed by atoms with Gasteiger partial charge in [-0.15, -0.1) is 0 Å². The molecule has 0 atom stereocenters. The van der Waals surface area contributed by atoms with Crippen molar-refractivity contribution in [1.82, 2.24) is 15.3 Å². The van der Waals surface area contributed by atoms with E-state index in [9.17, 15) is 0 Å². The Labute approximate surface area is 115 Å². The number of anilines is 1. The van der Waals surface area contributed by atoms with Gasteiger partial charge in [-0.05, 0) is 25.8 Å². The normalized spacial score (nSPS) is 15.8. The van der Waals surface area contributed by atoms with Gasteiger partial charge >= 0.3 is 0 Å². The van der Waals surface area contributed by atoms with E-state index in [2.05, 4.69) is 42.0 Å². The van der Waals surface area contributed by atoms with Gasteiger partial charge in [0.2, 0.25) is 0 Å². The second kappa shape index (κ2) is 6.66. The Bertz CT molecular complexity index is 440. The number of rotatable bonds is 5. The van der Waals surface area contributed by atoms with Crippen molar-refractivity contribution in [3.63, 3.8) is 0 Å². The van der Waals surface area contributed by atoms with E-state index in [1.165, 1.54) is 5.57 Å². The second-order valence-electron chi connectivity index (χ2n) is 5.65. The van der Waals surface area contributed by atoms with E-state index in [1.807, 2.05) is 12.4 Å². The predicted molar refractivity (Wildman–Crippen MR) is 79.2 cm³/mol. The molecular weight excluding hydrogens is 236 g/mol. The van der Waals surface area contributed by atoms with Gasteiger partial charge in [-0.3, -0.25) is 4.98 Å². The first-order valence-electron chi connectivity index (χ1n) is 7.07. The summed E-state index contributed by atoms with van der Waals surface area (Å²) in [4.78, 5) is 11.3. The Morgan fingerprint density at radius 1 is 1.37 bits per heavy atom. The SMILES string of the molecule is CC1=CCCN(c2cncc(CNCC(C)C)n2)C1. The zero-order valence-corrected chi connectivity index (χ0v) is 12.2. The first kappa shape index (κ1) is 14.0. The lowest BCUT2D eigenvalue weighted by molar-refractivity contribution is 0.547. The lowest BCUT2D eigenvalue weighted by atomic mass is 10.1. The highest BCUT2D eigenvalue weighted by Gasteiger charge is 2.12. The lowest BCUT2D eigenvalue weighted by Gasteiger charge is -2.27. The van der Waals surface area contributed by atoms with Crippen LogP contribution in [-0.2, 0) is 6.54 Å². The third-order valence-corrected chi connectivity index (χ3v) is 3.19. The molecule has 0 bridgehead atoms. The van der Waals surface area contributed by atoms with Crippen LogP contribution in [-0.4, -0.2) is 29.6 Å². The number of aromatic nitrogens is 2. The van der Waals surface area contributed by atoms with Crippen LogP contribution in [0, 0.1) is 5.92 Å². The van der Waals surface area contributed by atoms with Gasteiger partial charge in [0.1, 0.15) is 5.82 Å². The number of hydrogen-bond donors (Lipinski definition) is 1. The minimum Gasteiger partial charge on any atom is -0.351 e. The van der Waals surface area contributed by atoms with Crippen molar-refractivity contribution in [2.45, 2.75) is 33.7 Å². The van der Waals surface area contributed by atoms with Gasteiger partial charge in [0.25, 0.3) is 0 Å². The molecule has 19 heavy (non-hydrogen) atoms. The van der Waals surface area contributed by atoms with Crippen LogP contribution in [0.2, 0.25) is 0 Å². The third kappa shape index (κ3) is 4.31. The summed E-state index contributed by atoms with van der Waals surface area (Å²) in [7, 11) is 0. The fraction of sp³-hybridized carbons (Fsp3) is 0.600. The molecule has 1 N–H and O–H groups in total. The van der Waals surface area contributed by atoms with Crippen LogP contribution in [0.4, 0.5) is 5.82 Å². The summed E-state index contributed by atoms with van der Waals surface area (Å²) in [6, 6.07) is 0. The minimum atomic E-state index is 0.658. The van der Waals surface area contributed by atoms with Crippen LogP contribution in [0.1, 0.15) is 32.9 Å². The molecule has 1 aliphatic heterocycles. The zero-order chi connectivity index (χ0) is 13.7. The maximum atomic E-state index is 4.70. The quantitative estimate of drug-likeness (QED) is 0.825. The van der Waals surface area contributed by atoms with E-state index in [0.717, 1.165) is 44.1 Å². The van der Waals surface area contributed by atoms with Gasteiger partial charge in [0.15, 0.2) is 0 Å². The third-order valence-electron chi connectivity index (χ3n) is 3.19. The van der Waals surface area contributed by atoms with E-state index in [-0.39, 0.29) is 0 Å². The fourth-order valence-corrected chi connectivity index (χ4v) is 2.23. The first-order chi connectivity index (χ1) is 9.15. The zero-order valence-electron chi connectivity index (χ0n) is 12.2. The van der Waals surface area contributed by atoms with Crippen molar-refractivity contribution < 1.29 is 0 Å². The molecule has 1 aliphatic rings. The van der Waals surface area contributed by atoms with Crippen LogP contribution in [0.25, 0.3) is 0 Å². The topological polar surface area (TPSA) is 41.1 Å². The highest BCUT2D eigenvalue weighted by atomic mass is 15.2. The molecule has 0 saturated carbocycles. The smallest absolute Gasteiger partial charge is 0.147 e. The van der Waals surface area contributed by atoms with Gasteiger partial charge < -0.3 is 10.2 Å². The minimum absolute atomic E-state index is 0.658. The van der Waals surface area contributed by atoms with Crippen molar-refractivity contribution >= 4 is 5.82 Å². The molecule has 104 valence electrons. The van der Waals surface area contributed by atoms with E-state index in [0.29, 0.717) is 5.92 Å². The predicted octanol–water partition coefficient (Wildman–Crippen LogP) is 2.38. The second-order valence-corrected chi connectivity index (χ2v) is 5.65.